The number of nitrogens with two attached hydrogens (primary N) is 1. The standard InChI is InChI=1S/C16H19N3O2/c17-16(18-21)14-5-6-15(13-4-2-1-3-12(13)14)19-9-7-11(20)8-10-19/h1-6,11,20-21H,7-10H2,(H2,17,18). The number of aliphatic hydroxyl groups excluding tert-OH is 1. The highest BCUT2D eigenvalue weighted by molar-refractivity contribution is 6.11. The maximum absolute atomic E-state index is 9.65. The quantitative estimate of drug-likeness (QED) is 0.341. The highest BCUT2D eigenvalue weighted by atomic mass is 16.4. The van der Waals surface area contributed by atoms with Crippen molar-refractivity contribution < 1.29 is 10.3 Å². The van der Waals surface area contributed by atoms with Gasteiger partial charge in [0.2, 0.25) is 0 Å². The SMILES string of the molecule is N/C(=N/O)c1ccc(N2CCC(O)CC2)c2ccccc12. The molecular formula is C16H19N3O2. The van der Waals surface area contributed by atoms with Crippen LogP contribution in [0, 0.1) is 0 Å². The van der Waals surface area contributed by atoms with E-state index in [4.69, 9.17) is 10.9 Å². The molecule has 1 aliphatic rings. The maximum atomic E-state index is 9.65. The highest BCUT2D eigenvalue weighted by Crippen LogP contribution is 2.31. The number of rotatable bonds is 2. The predicted octanol–water partition coefficient (Wildman–Crippen LogP) is 1.90. The number of fused-ring (bicyclic) bond motifs is 1. The molecule has 0 amide bonds. The topological polar surface area (TPSA) is 82.1 Å². The Labute approximate surface area is 123 Å². The van der Waals surface area contributed by atoms with Crippen molar-refractivity contribution in [2.24, 2.45) is 10.9 Å². The molecule has 5 nitrogen and oxygen atoms in total. The van der Waals surface area contributed by atoms with E-state index in [0.717, 1.165) is 48.0 Å². The van der Waals surface area contributed by atoms with Crippen LogP contribution in [0.3, 0.4) is 0 Å². The molecule has 0 spiro atoms. The maximum Gasteiger partial charge on any atom is 0.170 e. The van der Waals surface area contributed by atoms with E-state index in [1.54, 1.807) is 0 Å². The van der Waals surface area contributed by atoms with E-state index in [1.807, 2.05) is 36.4 Å². The molecule has 1 aliphatic heterocycles. The van der Waals surface area contributed by atoms with Crippen molar-refractivity contribution in [2.75, 3.05) is 18.0 Å². The lowest BCUT2D eigenvalue weighted by Crippen LogP contribution is -2.35. The van der Waals surface area contributed by atoms with Crippen molar-refractivity contribution in [1.82, 2.24) is 0 Å². The average molecular weight is 285 g/mol. The van der Waals surface area contributed by atoms with Crippen LogP contribution in [0.1, 0.15) is 18.4 Å². The zero-order chi connectivity index (χ0) is 14.8. The summed E-state index contributed by atoms with van der Waals surface area (Å²) in [6, 6.07) is 11.8. The van der Waals surface area contributed by atoms with Gasteiger partial charge in [0.05, 0.1) is 6.10 Å². The Morgan fingerprint density at radius 3 is 2.43 bits per heavy atom. The van der Waals surface area contributed by atoms with Crippen LogP contribution in [0.5, 0.6) is 0 Å². The number of anilines is 1. The Bertz CT molecular complexity index is 676. The van der Waals surface area contributed by atoms with Crippen LogP contribution in [-0.4, -0.2) is 35.3 Å². The van der Waals surface area contributed by atoms with Gasteiger partial charge in [-0.05, 0) is 30.4 Å². The minimum absolute atomic E-state index is 0.117. The summed E-state index contributed by atoms with van der Waals surface area (Å²) in [5.41, 5.74) is 7.62. The van der Waals surface area contributed by atoms with E-state index in [0.29, 0.717) is 0 Å². The summed E-state index contributed by atoms with van der Waals surface area (Å²) in [5, 5.41) is 23.7. The highest BCUT2D eigenvalue weighted by Gasteiger charge is 2.19. The third-order valence-electron chi connectivity index (χ3n) is 4.09. The van der Waals surface area contributed by atoms with Gasteiger partial charge in [-0.3, -0.25) is 0 Å². The van der Waals surface area contributed by atoms with E-state index in [-0.39, 0.29) is 11.9 Å². The summed E-state index contributed by atoms with van der Waals surface area (Å²) in [5.74, 6) is 0.117. The molecule has 4 N–H and O–H groups in total. The molecule has 0 aliphatic carbocycles. The number of aliphatic hydroxyl groups is 1. The molecule has 1 saturated heterocycles. The second-order valence-corrected chi connectivity index (χ2v) is 5.38. The average Bonchev–Trinajstić information content (AvgIpc) is 2.54. The van der Waals surface area contributed by atoms with E-state index >= 15 is 0 Å². The summed E-state index contributed by atoms with van der Waals surface area (Å²) in [6.45, 7) is 1.68. The molecule has 3 rings (SSSR count). The number of benzene rings is 2. The second-order valence-electron chi connectivity index (χ2n) is 5.38. The van der Waals surface area contributed by atoms with Gasteiger partial charge in [-0.2, -0.15) is 0 Å². The molecule has 0 atom stereocenters. The van der Waals surface area contributed by atoms with Crippen molar-refractivity contribution >= 4 is 22.3 Å². The number of nitrogens with zero attached hydrogens (tertiary/aromatic N) is 2. The van der Waals surface area contributed by atoms with Crippen molar-refractivity contribution in [3.63, 3.8) is 0 Å². The van der Waals surface area contributed by atoms with Crippen LogP contribution in [0.15, 0.2) is 41.6 Å². The zero-order valence-electron chi connectivity index (χ0n) is 11.7. The van der Waals surface area contributed by atoms with E-state index in [9.17, 15) is 5.11 Å². The van der Waals surface area contributed by atoms with Crippen molar-refractivity contribution in [1.29, 1.82) is 0 Å². The Morgan fingerprint density at radius 2 is 1.76 bits per heavy atom. The first-order valence-corrected chi connectivity index (χ1v) is 7.13. The number of amidine groups is 1. The van der Waals surface area contributed by atoms with Crippen LogP contribution in [0.4, 0.5) is 5.69 Å². The lowest BCUT2D eigenvalue weighted by molar-refractivity contribution is 0.145. The summed E-state index contributed by atoms with van der Waals surface area (Å²) in [4.78, 5) is 2.28. The molecule has 0 unspecified atom stereocenters. The summed E-state index contributed by atoms with van der Waals surface area (Å²) < 4.78 is 0. The van der Waals surface area contributed by atoms with Crippen LogP contribution < -0.4 is 10.6 Å². The lowest BCUT2D eigenvalue weighted by Gasteiger charge is -2.32. The fourth-order valence-electron chi connectivity index (χ4n) is 2.94. The molecule has 2 aromatic carbocycles. The van der Waals surface area contributed by atoms with Gasteiger partial charge >= 0.3 is 0 Å². The number of hydrogen-bond acceptors (Lipinski definition) is 4. The molecule has 1 fully saturated rings. The number of piperidine rings is 1. The summed E-state index contributed by atoms with van der Waals surface area (Å²) in [7, 11) is 0. The smallest absolute Gasteiger partial charge is 0.170 e. The van der Waals surface area contributed by atoms with Gasteiger partial charge in [-0.1, -0.05) is 29.4 Å². The molecule has 0 saturated carbocycles. The first-order valence-electron chi connectivity index (χ1n) is 7.13. The number of oxime groups is 1. The van der Waals surface area contributed by atoms with Gasteiger partial charge in [-0.15, -0.1) is 0 Å². The third kappa shape index (κ3) is 2.52. The molecule has 0 bridgehead atoms. The van der Waals surface area contributed by atoms with Crippen LogP contribution in [0.25, 0.3) is 10.8 Å². The predicted molar refractivity (Wildman–Crippen MR) is 83.9 cm³/mol. The van der Waals surface area contributed by atoms with Gasteiger partial charge in [-0.25, -0.2) is 0 Å². The summed E-state index contributed by atoms with van der Waals surface area (Å²) in [6.07, 6.45) is 1.39. The van der Waals surface area contributed by atoms with Gasteiger partial charge in [0, 0.05) is 29.7 Å². The van der Waals surface area contributed by atoms with Crippen LogP contribution >= 0.6 is 0 Å². The monoisotopic (exact) mass is 285 g/mol. The Morgan fingerprint density at radius 1 is 1.10 bits per heavy atom. The Balaban J connectivity index is 2.09. The Hall–Kier alpha value is -2.27. The van der Waals surface area contributed by atoms with E-state index in [1.165, 1.54) is 0 Å². The summed E-state index contributed by atoms with van der Waals surface area (Å²) >= 11 is 0. The molecule has 0 aromatic heterocycles. The van der Waals surface area contributed by atoms with Gasteiger partial charge in [0.25, 0.3) is 0 Å². The molecule has 0 radical (unpaired) electrons. The molecule has 5 heteroatoms. The largest absolute Gasteiger partial charge is 0.409 e. The lowest BCUT2D eigenvalue weighted by atomic mass is 9.99. The van der Waals surface area contributed by atoms with E-state index in [2.05, 4.69) is 10.1 Å². The molecule has 110 valence electrons. The molecule has 1 heterocycles. The normalized spacial score (nSPS) is 17.4. The zero-order valence-corrected chi connectivity index (χ0v) is 11.7. The minimum atomic E-state index is -0.191. The van der Waals surface area contributed by atoms with Gasteiger partial charge in [0.1, 0.15) is 0 Å². The minimum Gasteiger partial charge on any atom is -0.409 e. The number of hydrogen-bond donors (Lipinski definition) is 3. The molecule has 21 heavy (non-hydrogen) atoms. The van der Waals surface area contributed by atoms with Gasteiger partial charge in [0.15, 0.2) is 5.84 Å². The molecular weight excluding hydrogens is 266 g/mol. The fraction of sp³-hybridized carbons (Fsp3) is 0.312. The second kappa shape index (κ2) is 5.61. The van der Waals surface area contributed by atoms with Crippen molar-refractivity contribution in [3.05, 3.63) is 42.0 Å². The first-order chi connectivity index (χ1) is 10.2. The molecule has 2 aromatic rings. The van der Waals surface area contributed by atoms with Crippen LogP contribution in [-0.2, 0) is 0 Å². The van der Waals surface area contributed by atoms with Gasteiger partial charge < -0.3 is 20.9 Å². The van der Waals surface area contributed by atoms with Crippen LogP contribution in [0.2, 0.25) is 0 Å². The Kier molecular flexibility index (Phi) is 3.66. The van der Waals surface area contributed by atoms with E-state index < -0.39 is 0 Å². The third-order valence-corrected chi connectivity index (χ3v) is 4.09. The first kappa shape index (κ1) is 13.7. The fourth-order valence-corrected chi connectivity index (χ4v) is 2.94. The van der Waals surface area contributed by atoms with Crippen molar-refractivity contribution in [3.8, 4) is 0 Å². The van der Waals surface area contributed by atoms with Crippen molar-refractivity contribution in [2.45, 2.75) is 18.9 Å².